The largest absolute Gasteiger partial charge is 0.481 e. The van der Waals surface area contributed by atoms with Crippen LogP contribution in [0.4, 0.5) is 13.2 Å². The minimum absolute atomic E-state index is 0.122. The fraction of sp³-hybridized carbons (Fsp3) is 0.417. The summed E-state index contributed by atoms with van der Waals surface area (Å²) in [6.07, 6.45) is 0.939. The van der Waals surface area contributed by atoms with Gasteiger partial charge in [0.2, 0.25) is 0 Å². The van der Waals surface area contributed by atoms with E-state index in [-0.39, 0.29) is 5.92 Å². The number of hydrogen-bond acceptors (Lipinski definition) is 1. The van der Waals surface area contributed by atoms with Crippen LogP contribution in [0.1, 0.15) is 30.7 Å². The van der Waals surface area contributed by atoms with Crippen LogP contribution in [-0.4, -0.2) is 11.1 Å². The molecule has 1 unspecified atom stereocenters. The molecule has 0 aliphatic heterocycles. The molecule has 0 aromatic heterocycles. The van der Waals surface area contributed by atoms with Crippen LogP contribution in [0, 0.1) is 23.4 Å². The second-order valence-corrected chi connectivity index (χ2v) is 4.83. The molecule has 1 aromatic rings. The molecule has 1 aromatic carbocycles. The van der Waals surface area contributed by atoms with E-state index in [9.17, 15) is 18.0 Å². The molecule has 1 atom stereocenters. The molecular formula is C12H10ClF3O2. The molecule has 0 heterocycles. The van der Waals surface area contributed by atoms with Crippen molar-refractivity contribution in [1.29, 1.82) is 0 Å². The summed E-state index contributed by atoms with van der Waals surface area (Å²) in [5.41, 5.74) is -0.537. The van der Waals surface area contributed by atoms with Gasteiger partial charge in [-0.15, -0.1) is 0 Å². The first-order valence-corrected chi connectivity index (χ1v) is 5.84. The lowest BCUT2D eigenvalue weighted by molar-refractivity contribution is -0.137. The van der Waals surface area contributed by atoms with Crippen molar-refractivity contribution in [3.05, 3.63) is 34.1 Å². The van der Waals surface area contributed by atoms with E-state index >= 15 is 0 Å². The van der Waals surface area contributed by atoms with E-state index < -0.39 is 46.3 Å². The van der Waals surface area contributed by atoms with Crippen molar-refractivity contribution in [2.45, 2.75) is 25.2 Å². The molecule has 1 saturated carbocycles. The summed E-state index contributed by atoms with van der Waals surface area (Å²) < 4.78 is 40.7. The molecule has 98 valence electrons. The molecule has 1 aliphatic carbocycles. The highest BCUT2D eigenvalue weighted by molar-refractivity contribution is 6.30. The number of carbonyl (C=O) groups is 1. The van der Waals surface area contributed by atoms with Crippen LogP contribution in [0.2, 0.25) is 5.02 Å². The average Bonchev–Trinajstić information content (AvgIpc) is 3.08. The smallest absolute Gasteiger partial charge is 0.303 e. The standard InChI is InChI=1S/C12H10ClF3O2/c13-7-4-8(14)12(16)10(11(7)15)6(3-9(17)18)5-1-2-5/h4-6H,1-3H2,(H,17,18). The van der Waals surface area contributed by atoms with Gasteiger partial charge in [-0.25, -0.2) is 13.2 Å². The van der Waals surface area contributed by atoms with Crippen LogP contribution >= 0.6 is 11.6 Å². The van der Waals surface area contributed by atoms with Gasteiger partial charge in [0, 0.05) is 11.5 Å². The molecule has 6 heteroatoms. The molecule has 2 nitrogen and oxygen atoms in total. The third kappa shape index (κ3) is 2.46. The Morgan fingerprint density at radius 3 is 2.50 bits per heavy atom. The van der Waals surface area contributed by atoms with Crippen LogP contribution in [-0.2, 0) is 4.79 Å². The molecule has 0 spiro atoms. The summed E-state index contributed by atoms with van der Waals surface area (Å²) in [4.78, 5) is 10.7. The quantitative estimate of drug-likeness (QED) is 0.852. The zero-order valence-corrected chi connectivity index (χ0v) is 9.98. The summed E-state index contributed by atoms with van der Waals surface area (Å²) in [6.45, 7) is 0. The van der Waals surface area contributed by atoms with Crippen LogP contribution in [0.15, 0.2) is 6.07 Å². The van der Waals surface area contributed by atoms with E-state index in [2.05, 4.69) is 0 Å². The predicted molar refractivity (Wildman–Crippen MR) is 59.0 cm³/mol. The molecule has 0 saturated heterocycles. The molecule has 1 N–H and O–H groups in total. The van der Waals surface area contributed by atoms with Gasteiger partial charge in [-0.05, 0) is 24.8 Å². The van der Waals surface area contributed by atoms with Gasteiger partial charge in [0.15, 0.2) is 11.6 Å². The first-order valence-electron chi connectivity index (χ1n) is 5.46. The Morgan fingerprint density at radius 2 is 2.00 bits per heavy atom. The number of benzene rings is 1. The second-order valence-electron chi connectivity index (χ2n) is 4.42. The fourth-order valence-electron chi connectivity index (χ4n) is 2.11. The number of carboxylic acids is 1. The Hall–Kier alpha value is -1.23. The number of rotatable bonds is 4. The summed E-state index contributed by atoms with van der Waals surface area (Å²) in [5.74, 6) is -5.82. The molecule has 2 rings (SSSR count). The highest BCUT2D eigenvalue weighted by Gasteiger charge is 2.38. The summed E-state index contributed by atoms with van der Waals surface area (Å²) in [5, 5.41) is 8.24. The maximum Gasteiger partial charge on any atom is 0.303 e. The van der Waals surface area contributed by atoms with E-state index in [0.29, 0.717) is 18.9 Å². The zero-order valence-electron chi connectivity index (χ0n) is 9.22. The fourth-order valence-corrected chi connectivity index (χ4v) is 2.31. The van der Waals surface area contributed by atoms with E-state index in [0.717, 1.165) is 0 Å². The van der Waals surface area contributed by atoms with Crippen LogP contribution in [0.3, 0.4) is 0 Å². The van der Waals surface area contributed by atoms with Crippen LogP contribution in [0.5, 0.6) is 0 Å². The Labute approximate surface area is 106 Å². The summed E-state index contributed by atoms with van der Waals surface area (Å²) in [7, 11) is 0. The first-order chi connectivity index (χ1) is 8.41. The SMILES string of the molecule is O=C(O)CC(c1c(F)c(F)cc(Cl)c1F)C1CC1. The molecule has 18 heavy (non-hydrogen) atoms. The minimum atomic E-state index is -1.34. The normalized spacial score (nSPS) is 16.7. The van der Waals surface area contributed by atoms with Crippen molar-refractivity contribution in [3.8, 4) is 0 Å². The van der Waals surface area contributed by atoms with Crippen molar-refractivity contribution in [2.24, 2.45) is 5.92 Å². The lowest BCUT2D eigenvalue weighted by atomic mass is 9.90. The third-order valence-corrected chi connectivity index (χ3v) is 3.38. The lowest BCUT2D eigenvalue weighted by Crippen LogP contribution is -2.13. The van der Waals surface area contributed by atoms with Gasteiger partial charge < -0.3 is 5.11 Å². The molecule has 0 radical (unpaired) electrons. The van der Waals surface area contributed by atoms with Crippen molar-refractivity contribution in [2.75, 3.05) is 0 Å². The second kappa shape index (κ2) is 4.80. The van der Waals surface area contributed by atoms with Gasteiger partial charge in [-0.1, -0.05) is 11.6 Å². The number of carboxylic acid groups (broad SMARTS) is 1. The Kier molecular flexibility index (Phi) is 3.52. The van der Waals surface area contributed by atoms with Gasteiger partial charge in [0.1, 0.15) is 5.82 Å². The van der Waals surface area contributed by atoms with Crippen molar-refractivity contribution in [1.82, 2.24) is 0 Å². The Balaban J connectivity index is 2.49. The number of halogens is 4. The predicted octanol–water partition coefficient (Wildman–Crippen LogP) is 3.73. The molecule has 1 aliphatic rings. The zero-order chi connectivity index (χ0) is 13.4. The Morgan fingerprint density at radius 1 is 1.39 bits per heavy atom. The topological polar surface area (TPSA) is 37.3 Å². The van der Waals surface area contributed by atoms with Crippen LogP contribution in [0.25, 0.3) is 0 Å². The van der Waals surface area contributed by atoms with Gasteiger partial charge in [-0.2, -0.15) is 0 Å². The lowest BCUT2D eigenvalue weighted by Gasteiger charge is -2.17. The van der Waals surface area contributed by atoms with Crippen molar-refractivity contribution in [3.63, 3.8) is 0 Å². The third-order valence-electron chi connectivity index (χ3n) is 3.10. The Bertz CT molecular complexity index is 474. The first kappa shape index (κ1) is 13.2. The summed E-state index contributed by atoms with van der Waals surface area (Å²) in [6, 6.07) is 0.556. The van der Waals surface area contributed by atoms with Gasteiger partial charge in [0.05, 0.1) is 11.4 Å². The maximum absolute atomic E-state index is 13.8. The van der Waals surface area contributed by atoms with Crippen molar-refractivity contribution >= 4 is 17.6 Å². The maximum atomic E-state index is 13.8. The highest BCUT2D eigenvalue weighted by Crippen LogP contribution is 2.47. The summed E-state index contributed by atoms with van der Waals surface area (Å²) >= 11 is 5.47. The van der Waals surface area contributed by atoms with Crippen molar-refractivity contribution < 1.29 is 23.1 Å². The van der Waals surface area contributed by atoms with E-state index in [1.54, 1.807) is 0 Å². The molecule has 0 bridgehead atoms. The average molecular weight is 279 g/mol. The number of aliphatic carboxylic acids is 1. The van der Waals surface area contributed by atoms with Gasteiger partial charge >= 0.3 is 5.97 Å². The molecule has 0 amide bonds. The minimum Gasteiger partial charge on any atom is -0.481 e. The van der Waals surface area contributed by atoms with E-state index in [4.69, 9.17) is 16.7 Å². The molecule has 1 fully saturated rings. The molecular weight excluding hydrogens is 269 g/mol. The van der Waals surface area contributed by atoms with E-state index in [1.807, 2.05) is 0 Å². The number of hydrogen-bond donors (Lipinski definition) is 1. The van der Waals surface area contributed by atoms with Gasteiger partial charge in [-0.3, -0.25) is 4.79 Å². The van der Waals surface area contributed by atoms with E-state index in [1.165, 1.54) is 0 Å². The van der Waals surface area contributed by atoms with Crippen LogP contribution < -0.4 is 0 Å². The highest BCUT2D eigenvalue weighted by atomic mass is 35.5. The van der Waals surface area contributed by atoms with Gasteiger partial charge in [0.25, 0.3) is 0 Å². The monoisotopic (exact) mass is 278 g/mol.